The van der Waals surface area contributed by atoms with E-state index in [-0.39, 0.29) is 11.8 Å². The molecular formula is C23H32N4O. The van der Waals surface area contributed by atoms with Crippen molar-refractivity contribution in [1.82, 2.24) is 15.3 Å². The van der Waals surface area contributed by atoms with Crippen molar-refractivity contribution in [2.75, 3.05) is 24.5 Å². The zero-order chi connectivity index (χ0) is 19.6. The summed E-state index contributed by atoms with van der Waals surface area (Å²) in [6, 6.07) is 10.2. The second kappa shape index (κ2) is 10.8. The zero-order valence-electron chi connectivity index (χ0n) is 16.9. The molecule has 5 heteroatoms. The van der Waals surface area contributed by atoms with Crippen LogP contribution in [0, 0.1) is 5.92 Å². The van der Waals surface area contributed by atoms with E-state index in [2.05, 4.69) is 39.2 Å². The molecule has 5 nitrogen and oxygen atoms in total. The van der Waals surface area contributed by atoms with E-state index in [1.165, 1.54) is 25.7 Å². The van der Waals surface area contributed by atoms with Gasteiger partial charge < -0.3 is 10.2 Å². The van der Waals surface area contributed by atoms with Crippen molar-refractivity contribution in [1.29, 1.82) is 0 Å². The van der Waals surface area contributed by atoms with Gasteiger partial charge in [-0.1, -0.05) is 62.9 Å². The van der Waals surface area contributed by atoms with Crippen molar-refractivity contribution in [2.24, 2.45) is 5.92 Å². The quantitative estimate of drug-likeness (QED) is 0.653. The van der Waals surface area contributed by atoms with Gasteiger partial charge in [-0.3, -0.25) is 4.79 Å². The van der Waals surface area contributed by atoms with Crippen LogP contribution in [0.2, 0.25) is 0 Å². The fourth-order valence-corrected chi connectivity index (χ4v) is 3.69. The molecule has 1 N–H and O–H groups in total. The van der Waals surface area contributed by atoms with Crippen LogP contribution < -0.4 is 10.2 Å². The van der Waals surface area contributed by atoms with Gasteiger partial charge in [-0.2, -0.15) is 0 Å². The Kier molecular flexibility index (Phi) is 7.82. The summed E-state index contributed by atoms with van der Waals surface area (Å²) in [4.78, 5) is 23.7. The van der Waals surface area contributed by atoms with E-state index < -0.39 is 0 Å². The lowest BCUT2D eigenvalue weighted by Crippen LogP contribution is -2.41. The van der Waals surface area contributed by atoms with Gasteiger partial charge in [-0.05, 0) is 24.8 Å². The van der Waals surface area contributed by atoms with Crippen molar-refractivity contribution in [2.45, 2.75) is 51.9 Å². The Morgan fingerprint density at radius 1 is 1.00 bits per heavy atom. The summed E-state index contributed by atoms with van der Waals surface area (Å²) in [5.74, 6) is 1.10. The van der Waals surface area contributed by atoms with Crippen LogP contribution >= 0.6 is 0 Å². The van der Waals surface area contributed by atoms with Gasteiger partial charge in [0, 0.05) is 43.5 Å². The highest BCUT2D eigenvalue weighted by molar-refractivity contribution is 5.78. The summed E-state index contributed by atoms with van der Waals surface area (Å²) in [6.45, 7) is 4.70. The maximum atomic E-state index is 12.4. The van der Waals surface area contributed by atoms with Crippen LogP contribution in [0.15, 0.2) is 42.7 Å². The Hall–Kier alpha value is -2.43. The predicted octanol–water partition coefficient (Wildman–Crippen LogP) is 4.45. The minimum atomic E-state index is 0.121. The van der Waals surface area contributed by atoms with Crippen LogP contribution in [0.1, 0.15) is 51.9 Å². The molecule has 1 aliphatic heterocycles. The summed E-state index contributed by atoms with van der Waals surface area (Å²) >= 11 is 0. The molecule has 1 aliphatic rings. The molecule has 0 bridgehead atoms. The molecule has 2 aromatic rings. The number of aromatic nitrogens is 2. The van der Waals surface area contributed by atoms with Crippen LogP contribution in [-0.4, -0.2) is 35.5 Å². The zero-order valence-corrected chi connectivity index (χ0v) is 16.9. The van der Waals surface area contributed by atoms with Crippen LogP contribution in [0.25, 0.3) is 11.1 Å². The molecular weight excluding hydrogens is 348 g/mol. The first-order chi connectivity index (χ1) is 13.8. The molecule has 28 heavy (non-hydrogen) atoms. The second-order valence-corrected chi connectivity index (χ2v) is 7.60. The molecule has 1 fully saturated rings. The van der Waals surface area contributed by atoms with E-state index in [0.717, 1.165) is 56.0 Å². The number of hydrogen-bond donors (Lipinski definition) is 1. The number of anilines is 1. The molecule has 3 rings (SSSR count). The molecule has 0 radical (unpaired) electrons. The number of nitrogens with zero attached hydrogens (tertiary/aromatic N) is 3. The van der Waals surface area contributed by atoms with Crippen molar-refractivity contribution in [3.05, 3.63) is 42.7 Å². The number of benzene rings is 1. The van der Waals surface area contributed by atoms with Gasteiger partial charge in [-0.25, -0.2) is 9.97 Å². The SMILES string of the molecule is CCCCCCCNC(=O)C1CCN(c2ncc(-c3ccccc3)cn2)CC1. The van der Waals surface area contributed by atoms with Gasteiger partial charge in [0.05, 0.1) is 0 Å². The van der Waals surface area contributed by atoms with Crippen molar-refractivity contribution in [3.8, 4) is 11.1 Å². The topological polar surface area (TPSA) is 58.1 Å². The van der Waals surface area contributed by atoms with Crippen molar-refractivity contribution >= 4 is 11.9 Å². The van der Waals surface area contributed by atoms with E-state index in [1.54, 1.807) is 0 Å². The largest absolute Gasteiger partial charge is 0.356 e. The number of carbonyl (C=O) groups excluding carboxylic acids is 1. The highest BCUT2D eigenvalue weighted by atomic mass is 16.1. The number of amides is 1. The molecule has 1 aromatic carbocycles. The van der Waals surface area contributed by atoms with E-state index in [4.69, 9.17) is 0 Å². The van der Waals surface area contributed by atoms with E-state index >= 15 is 0 Å². The average molecular weight is 381 g/mol. The Morgan fingerprint density at radius 2 is 1.68 bits per heavy atom. The Balaban J connectivity index is 1.42. The fourth-order valence-electron chi connectivity index (χ4n) is 3.69. The summed E-state index contributed by atoms with van der Waals surface area (Å²) in [7, 11) is 0. The molecule has 0 spiro atoms. The summed E-state index contributed by atoms with van der Waals surface area (Å²) in [5, 5.41) is 3.12. The van der Waals surface area contributed by atoms with Crippen LogP contribution in [-0.2, 0) is 4.79 Å². The molecule has 0 atom stereocenters. The highest BCUT2D eigenvalue weighted by Crippen LogP contribution is 2.23. The first-order valence-corrected chi connectivity index (χ1v) is 10.7. The van der Waals surface area contributed by atoms with Gasteiger partial charge in [0.1, 0.15) is 0 Å². The molecule has 0 aliphatic carbocycles. The second-order valence-electron chi connectivity index (χ2n) is 7.60. The summed E-state index contributed by atoms with van der Waals surface area (Å²) in [6.07, 6.45) is 11.6. The number of unbranched alkanes of at least 4 members (excludes halogenated alkanes) is 4. The molecule has 0 unspecified atom stereocenters. The lowest BCUT2D eigenvalue weighted by atomic mass is 9.96. The van der Waals surface area contributed by atoms with Gasteiger partial charge in [0.25, 0.3) is 0 Å². The first kappa shape index (κ1) is 20.3. The third-order valence-electron chi connectivity index (χ3n) is 5.47. The van der Waals surface area contributed by atoms with Crippen LogP contribution in [0.5, 0.6) is 0 Å². The number of rotatable bonds is 9. The van der Waals surface area contributed by atoms with E-state index in [1.807, 2.05) is 30.6 Å². The van der Waals surface area contributed by atoms with Crippen molar-refractivity contribution < 1.29 is 4.79 Å². The lowest BCUT2D eigenvalue weighted by molar-refractivity contribution is -0.125. The van der Waals surface area contributed by atoms with Gasteiger partial charge >= 0.3 is 0 Å². The predicted molar refractivity (Wildman–Crippen MR) is 114 cm³/mol. The van der Waals surface area contributed by atoms with E-state index in [0.29, 0.717) is 0 Å². The van der Waals surface area contributed by atoms with Crippen molar-refractivity contribution in [3.63, 3.8) is 0 Å². The molecule has 1 saturated heterocycles. The normalized spacial score (nSPS) is 14.8. The lowest BCUT2D eigenvalue weighted by Gasteiger charge is -2.31. The first-order valence-electron chi connectivity index (χ1n) is 10.7. The Labute approximate surface area is 168 Å². The van der Waals surface area contributed by atoms with Crippen LogP contribution in [0.3, 0.4) is 0 Å². The Bertz CT molecular complexity index is 709. The third kappa shape index (κ3) is 5.78. The molecule has 1 aromatic heterocycles. The standard InChI is InChI=1S/C23H32N4O/c1-2-3-4-5-9-14-24-22(28)20-12-15-27(16-13-20)23-25-17-21(18-26-23)19-10-7-6-8-11-19/h6-8,10-11,17-18,20H,2-5,9,12-16H2,1H3,(H,24,28). The molecule has 150 valence electrons. The Morgan fingerprint density at radius 3 is 2.36 bits per heavy atom. The average Bonchev–Trinajstić information content (AvgIpc) is 2.77. The minimum Gasteiger partial charge on any atom is -0.356 e. The number of piperidine rings is 1. The molecule has 0 saturated carbocycles. The monoisotopic (exact) mass is 380 g/mol. The minimum absolute atomic E-state index is 0.121. The maximum Gasteiger partial charge on any atom is 0.225 e. The fraction of sp³-hybridized carbons (Fsp3) is 0.522. The smallest absolute Gasteiger partial charge is 0.225 e. The molecule has 2 heterocycles. The maximum absolute atomic E-state index is 12.4. The van der Waals surface area contributed by atoms with Gasteiger partial charge in [-0.15, -0.1) is 0 Å². The summed E-state index contributed by atoms with van der Waals surface area (Å²) < 4.78 is 0. The summed E-state index contributed by atoms with van der Waals surface area (Å²) in [5.41, 5.74) is 2.15. The van der Waals surface area contributed by atoms with E-state index in [9.17, 15) is 4.79 Å². The van der Waals surface area contributed by atoms with Gasteiger partial charge in [0.15, 0.2) is 0 Å². The number of carbonyl (C=O) groups is 1. The third-order valence-corrected chi connectivity index (χ3v) is 5.47. The number of nitrogens with one attached hydrogen (secondary N) is 1. The van der Waals surface area contributed by atoms with Gasteiger partial charge in [0.2, 0.25) is 11.9 Å². The highest BCUT2D eigenvalue weighted by Gasteiger charge is 2.25. The number of hydrogen-bond acceptors (Lipinski definition) is 4. The van der Waals surface area contributed by atoms with Crippen LogP contribution in [0.4, 0.5) is 5.95 Å². The molecule has 1 amide bonds.